The number of nitrogens with zero attached hydrogens (tertiary/aromatic N) is 3. The Balaban J connectivity index is 3.06. The van der Waals surface area contributed by atoms with E-state index in [0.717, 1.165) is 15.9 Å². The van der Waals surface area contributed by atoms with Gasteiger partial charge in [-0.2, -0.15) is 5.10 Å². The van der Waals surface area contributed by atoms with Crippen molar-refractivity contribution in [2.24, 2.45) is 0 Å². The zero-order valence-electron chi connectivity index (χ0n) is 9.71. The van der Waals surface area contributed by atoms with Crippen LogP contribution in [0.15, 0.2) is 4.47 Å². The number of hydrogen-bond donors (Lipinski definition) is 0. The molecule has 1 atom stereocenters. The van der Waals surface area contributed by atoms with Crippen molar-refractivity contribution in [2.75, 3.05) is 14.1 Å². The average Bonchev–Trinajstić information content (AvgIpc) is 2.43. The number of aryl methyl sites for hydroxylation is 1. The standard InChI is InChI=1S/C10H16BrN3O/c1-6-9(11)7(2)14(12-6)8(3)10(15)13(4)5/h8H,1-5H3/t8-/m1/s1. The monoisotopic (exact) mass is 273 g/mol. The van der Waals surface area contributed by atoms with Crippen molar-refractivity contribution in [1.29, 1.82) is 0 Å². The van der Waals surface area contributed by atoms with E-state index in [1.165, 1.54) is 0 Å². The average molecular weight is 274 g/mol. The topological polar surface area (TPSA) is 38.1 Å². The number of aromatic nitrogens is 2. The lowest BCUT2D eigenvalue weighted by molar-refractivity contribution is -0.132. The number of carbonyl (C=O) groups is 1. The van der Waals surface area contributed by atoms with Gasteiger partial charge in [-0.15, -0.1) is 0 Å². The fourth-order valence-corrected chi connectivity index (χ4v) is 1.76. The van der Waals surface area contributed by atoms with E-state index in [2.05, 4.69) is 21.0 Å². The summed E-state index contributed by atoms with van der Waals surface area (Å²) in [5.74, 6) is 0.0492. The molecule has 0 aliphatic heterocycles. The fourth-order valence-electron chi connectivity index (χ4n) is 1.50. The lowest BCUT2D eigenvalue weighted by atomic mass is 10.3. The van der Waals surface area contributed by atoms with Crippen molar-refractivity contribution in [1.82, 2.24) is 14.7 Å². The van der Waals surface area contributed by atoms with Crippen molar-refractivity contribution < 1.29 is 4.79 Å². The second kappa shape index (κ2) is 4.35. The van der Waals surface area contributed by atoms with Crippen LogP contribution >= 0.6 is 15.9 Å². The van der Waals surface area contributed by atoms with Crippen molar-refractivity contribution in [2.45, 2.75) is 26.8 Å². The number of rotatable bonds is 2. The van der Waals surface area contributed by atoms with E-state index >= 15 is 0 Å². The zero-order chi connectivity index (χ0) is 11.7. The first-order chi connectivity index (χ1) is 6.86. The van der Waals surface area contributed by atoms with Gasteiger partial charge in [0.25, 0.3) is 0 Å². The molecule has 0 saturated carbocycles. The van der Waals surface area contributed by atoms with Gasteiger partial charge in [-0.1, -0.05) is 0 Å². The van der Waals surface area contributed by atoms with Crippen LogP contribution in [0.4, 0.5) is 0 Å². The van der Waals surface area contributed by atoms with Gasteiger partial charge >= 0.3 is 0 Å². The lowest BCUT2D eigenvalue weighted by Crippen LogP contribution is -2.30. The molecule has 0 saturated heterocycles. The molecule has 0 aliphatic carbocycles. The Morgan fingerprint density at radius 1 is 1.47 bits per heavy atom. The lowest BCUT2D eigenvalue weighted by Gasteiger charge is -2.18. The number of hydrogen-bond acceptors (Lipinski definition) is 2. The summed E-state index contributed by atoms with van der Waals surface area (Å²) in [7, 11) is 3.50. The molecule has 0 spiro atoms. The Bertz CT molecular complexity index is 384. The molecule has 5 heteroatoms. The van der Waals surface area contributed by atoms with E-state index in [-0.39, 0.29) is 11.9 Å². The second-order valence-electron chi connectivity index (χ2n) is 3.84. The molecular weight excluding hydrogens is 258 g/mol. The maximum Gasteiger partial charge on any atom is 0.246 e. The third-order valence-corrected chi connectivity index (χ3v) is 3.55. The minimum absolute atomic E-state index is 0.0492. The number of likely N-dealkylation sites (N-methyl/N-ethyl adjacent to an activating group) is 1. The predicted molar refractivity (Wildman–Crippen MR) is 62.8 cm³/mol. The highest BCUT2D eigenvalue weighted by atomic mass is 79.9. The summed E-state index contributed by atoms with van der Waals surface area (Å²) < 4.78 is 2.72. The SMILES string of the molecule is Cc1nn([C@H](C)C(=O)N(C)C)c(C)c1Br. The number of carbonyl (C=O) groups excluding carboxylic acids is 1. The summed E-state index contributed by atoms with van der Waals surface area (Å²) in [6.45, 7) is 5.72. The number of halogens is 1. The summed E-state index contributed by atoms with van der Waals surface area (Å²) >= 11 is 3.45. The summed E-state index contributed by atoms with van der Waals surface area (Å²) in [6, 6.07) is -0.259. The van der Waals surface area contributed by atoms with Crippen LogP contribution in [0, 0.1) is 13.8 Å². The smallest absolute Gasteiger partial charge is 0.246 e. The van der Waals surface area contributed by atoms with Crippen LogP contribution < -0.4 is 0 Å². The van der Waals surface area contributed by atoms with E-state index in [1.54, 1.807) is 23.7 Å². The largest absolute Gasteiger partial charge is 0.347 e. The molecule has 1 aromatic rings. The molecule has 15 heavy (non-hydrogen) atoms. The van der Waals surface area contributed by atoms with Crippen LogP contribution in [-0.4, -0.2) is 34.7 Å². The quantitative estimate of drug-likeness (QED) is 0.826. The molecule has 0 aliphatic rings. The molecule has 1 rings (SSSR count). The van der Waals surface area contributed by atoms with E-state index in [9.17, 15) is 4.79 Å². The minimum Gasteiger partial charge on any atom is -0.347 e. The predicted octanol–water partition coefficient (Wildman–Crippen LogP) is 1.91. The van der Waals surface area contributed by atoms with Crippen LogP contribution in [0.3, 0.4) is 0 Å². The zero-order valence-corrected chi connectivity index (χ0v) is 11.3. The molecule has 0 unspecified atom stereocenters. The maximum absolute atomic E-state index is 11.8. The molecule has 0 N–H and O–H groups in total. The van der Waals surface area contributed by atoms with E-state index < -0.39 is 0 Å². The first-order valence-electron chi connectivity index (χ1n) is 4.78. The summed E-state index contributed by atoms with van der Waals surface area (Å²) in [4.78, 5) is 13.3. The molecule has 1 heterocycles. The van der Waals surface area contributed by atoms with Crippen LogP contribution in [0.1, 0.15) is 24.4 Å². The molecule has 1 aromatic heterocycles. The van der Waals surface area contributed by atoms with Gasteiger partial charge in [0.2, 0.25) is 5.91 Å². The van der Waals surface area contributed by atoms with Gasteiger partial charge in [-0.3, -0.25) is 9.48 Å². The first-order valence-corrected chi connectivity index (χ1v) is 5.58. The summed E-state index contributed by atoms with van der Waals surface area (Å²) in [6.07, 6.45) is 0. The highest BCUT2D eigenvalue weighted by molar-refractivity contribution is 9.10. The van der Waals surface area contributed by atoms with Gasteiger partial charge < -0.3 is 4.90 Å². The van der Waals surface area contributed by atoms with Crippen molar-refractivity contribution in [3.8, 4) is 0 Å². The highest BCUT2D eigenvalue weighted by Gasteiger charge is 2.21. The molecule has 4 nitrogen and oxygen atoms in total. The molecule has 0 aromatic carbocycles. The third-order valence-electron chi connectivity index (χ3n) is 2.40. The van der Waals surface area contributed by atoms with Gasteiger partial charge in [-0.25, -0.2) is 0 Å². The molecule has 0 bridgehead atoms. The normalized spacial score (nSPS) is 12.7. The Hall–Kier alpha value is -0.840. The summed E-state index contributed by atoms with van der Waals surface area (Å²) in [5, 5.41) is 4.34. The van der Waals surface area contributed by atoms with Gasteiger partial charge in [0.15, 0.2) is 0 Å². The maximum atomic E-state index is 11.8. The molecule has 0 radical (unpaired) electrons. The Morgan fingerprint density at radius 2 is 2.00 bits per heavy atom. The molecule has 84 valence electrons. The Morgan fingerprint density at radius 3 is 2.33 bits per heavy atom. The Kier molecular flexibility index (Phi) is 3.54. The van der Waals surface area contributed by atoms with Crippen LogP contribution in [0.25, 0.3) is 0 Å². The fraction of sp³-hybridized carbons (Fsp3) is 0.600. The van der Waals surface area contributed by atoms with Gasteiger partial charge in [-0.05, 0) is 36.7 Å². The number of amides is 1. The van der Waals surface area contributed by atoms with E-state index in [1.807, 2.05) is 20.8 Å². The minimum atomic E-state index is -0.259. The highest BCUT2D eigenvalue weighted by Crippen LogP contribution is 2.23. The second-order valence-corrected chi connectivity index (χ2v) is 4.63. The summed E-state index contributed by atoms with van der Waals surface area (Å²) in [5.41, 5.74) is 1.89. The van der Waals surface area contributed by atoms with Gasteiger partial charge in [0.1, 0.15) is 6.04 Å². The van der Waals surface area contributed by atoms with Gasteiger partial charge in [0.05, 0.1) is 15.9 Å². The van der Waals surface area contributed by atoms with Crippen molar-refractivity contribution >= 4 is 21.8 Å². The molecule has 0 fully saturated rings. The molecular formula is C10H16BrN3O. The molecule has 1 amide bonds. The van der Waals surface area contributed by atoms with E-state index in [4.69, 9.17) is 0 Å². The van der Waals surface area contributed by atoms with Crippen molar-refractivity contribution in [3.63, 3.8) is 0 Å². The van der Waals surface area contributed by atoms with Crippen LogP contribution in [-0.2, 0) is 4.79 Å². The van der Waals surface area contributed by atoms with Crippen LogP contribution in [0.2, 0.25) is 0 Å². The third kappa shape index (κ3) is 2.22. The first kappa shape index (κ1) is 12.2. The van der Waals surface area contributed by atoms with Gasteiger partial charge in [0, 0.05) is 14.1 Å². The van der Waals surface area contributed by atoms with Crippen molar-refractivity contribution in [3.05, 3.63) is 15.9 Å². The van der Waals surface area contributed by atoms with Crippen LogP contribution in [0.5, 0.6) is 0 Å². The Labute approximate surface area is 98.4 Å². The van der Waals surface area contributed by atoms with E-state index in [0.29, 0.717) is 0 Å².